The van der Waals surface area contributed by atoms with Crippen LogP contribution in [0.3, 0.4) is 0 Å². The molecule has 0 aliphatic heterocycles. The van der Waals surface area contributed by atoms with Crippen molar-refractivity contribution in [2.75, 3.05) is 6.54 Å². The highest BCUT2D eigenvalue weighted by Crippen LogP contribution is 2.06. The normalized spacial score (nSPS) is 11.5. The van der Waals surface area contributed by atoms with Crippen LogP contribution in [0.5, 0.6) is 0 Å². The molecule has 0 spiro atoms. The van der Waals surface area contributed by atoms with Gasteiger partial charge in [-0.05, 0) is 18.9 Å². The van der Waals surface area contributed by atoms with E-state index in [1.165, 1.54) is 0 Å². The Balaban J connectivity index is 0.00000256. The van der Waals surface area contributed by atoms with E-state index >= 15 is 0 Å². The summed E-state index contributed by atoms with van der Waals surface area (Å²) in [6.45, 7) is 5.24. The van der Waals surface area contributed by atoms with Crippen molar-refractivity contribution in [3.05, 3.63) is 35.9 Å². The van der Waals surface area contributed by atoms with Gasteiger partial charge in [-0.1, -0.05) is 37.3 Å². The topological polar surface area (TPSA) is 46.3 Å². The SMILES string of the molecule is CC[C@H](N)C(=O)N(CC)Cc1ccccc1.Cl. The van der Waals surface area contributed by atoms with Crippen LogP contribution >= 0.6 is 12.4 Å². The van der Waals surface area contributed by atoms with Crippen LogP contribution in [0.2, 0.25) is 0 Å². The van der Waals surface area contributed by atoms with Gasteiger partial charge in [0, 0.05) is 13.1 Å². The molecule has 0 saturated heterocycles. The van der Waals surface area contributed by atoms with Crippen molar-refractivity contribution in [3.8, 4) is 0 Å². The first-order chi connectivity index (χ1) is 7.69. The standard InChI is InChI=1S/C13H20N2O.ClH/c1-3-12(14)13(16)15(4-2)10-11-8-6-5-7-9-11;/h5-9,12H,3-4,10,14H2,1-2H3;1H/t12-;/m0./s1. The number of carbonyl (C=O) groups excluding carboxylic acids is 1. The second-order valence-corrected chi connectivity index (χ2v) is 3.85. The summed E-state index contributed by atoms with van der Waals surface area (Å²) < 4.78 is 0. The maximum atomic E-state index is 11.9. The van der Waals surface area contributed by atoms with Gasteiger partial charge in [-0.2, -0.15) is 0 Å². The number of likely N-dealkylation sites (N-methyl/N-ethyl adjacent to an activating group) is 1. The highest BCUT2D eigenvalue weighted by molar-refractivity contribution is 5.85. The van der Waals surface area contributed by atoms with Crippen LogP contribution in [0.15, 0.2) is 30.3 Å². The highest BCUT2D eigenvalue weighted by Gasteiger charge is 2.17. The van der Waals surface area contributed by atoms with E-state index in [0.29, 0.717) is 19.5 Å². The Bertz CT molecular complexity index is 329. The minimum absolute atomic E-state index is 0. The molecule has 0 aromatic heterocycles. The largest absolute Gasteiger partial charge is 0.337 e. The monoisotopic (exact) mass is 256 g/mol. The molecule has 0 aliphatic rings. The average Bonchev–Trinajstić information content (AvgIpc) is 2.35. The number of nitrogens with two attached hydrogens (primary N) is 1. The molecule has 0 saturated carbocycles. The lowest BCUT2D eigenvalue weighted by molar-refractivity contribution is -0.133. The third-order valence-corrected chi connectivity index (χ3v) is 2.67. The van der Waals surface area contributed by atoms with E-state index in [2.05, 4.69) is 0 Å². The van der Waals surface area contributed by atoms with Crippen molar-refractivity contribution in [1.29, 1.82) is 0 Å². The Morgan fingerprint density at radius 3 is 2.35 bits per heavy atom. The van der Waals surface area contributed by atoms with E-state index in [9.17, 15) is 4.79 Å². The van der Waals surface area contributed by atoms with E-state index in [4.69, 9.17) is 5.73 Å². The molecule has 1 amide bonds. The lowest BCUT2D eigenvalue weighted by Crippen LogP contribution is -2.42. The van der Waals surface area contributed by atoms with Crippen LogP contribution in [-0.4, -0.2) is 23.4 Å². The van der Waals surface area contributed by atoms with Gasteiger partial charge in [-0.3, -0.25) is 4.79 Å². The molecule has 0 bridgehead atoms. The Labute approximate surface area is 109 Å². The number of hydrogen-bond acceptors (Lipinski definition) is 2. The van der Waals surface area contributed by atoms with Crippen molar-refractivity contribution in [3.63, 3.8) is 0 Å². The molecule has 1 aromatic rings. The highest BCUT2D eigenvalue weighted by atomic mass is 35.5. The third kappa shape index (κ3) is 4.75. The fourth-order valence-corrected chi connectivity index (χ4v) is 1.56. The van der Waals surface area contributed by atoms with Crippen LogP contribution in [0, 0.1) is 0 Å². The first kappa shape index (κ1) is 15.9. The summed E-state index contributed by atoms with van der Waals surface area (Å²) in [7, 11) is 0. The zero-order valence-corrected chi connectivity index (χ0v) is 11.2. The minimum atomic E-state index is -0.372. The molecule has 0 fully saturated rings. The Hall–Kier alpha value is -1.06. The number of benzene rings is 1. The lowest BCUT2D eigenvalue weighted by Gasteiger charge is -2.23. The molecule has 0 unspecified atom stereocenters. The van der Waals surface area contributed by atoms with Crippen LogP contribution in [-0.2, 0) is 11.3 Å². The lowest BCUT2D eigenvalue weighted by atomic mass is 10.1. The molecule has 0 radical (unpaired) electrons. The molecule has 1 atom stereocenters. The van der Waals surface area contributed by atoms with Gasteiger partial charge in [0.25, 0.3) is 0 Å². The number of halogens is 1. The minimum Gasteiger partial charge on any atom is -0.337 e. The van der Waals surface area contributed by atoms with Gasteiger partial charge in [0.2, 0.25) is 5.91 Å². The summed E-state index contributed by atoms with van der Waals surface area (Å²) in [6.07, 6.45) is 0.685. The molecule has 0 heterocycles. The van der Waals surface area contributed by atoms with Crippen molar-refractivity contribution in [2.24, 2.45) is 5.73 Å². The quantitative estimate of drug-likeness (QED) is 0.878. The summed E-state index contributed by atoms with van der Waals surface area (Å²) in [5, 5.41) is 0. The second kappa shape index (κ2) is 8.09. The van der Waals surface area contributed by atoms with E-state index in [-0.39, 0.29) is 24.4 Å². The van der Waals surface area contributed by atoms with Crippen molar-refractivity contribution in [1.82, 2.24) is 4.90 Å². The molecule has 1 rings (SSSR count). The van der Waals surface area contributed by atoms with Crippen LogP contribution in [0.4, 0.5) is 0 Å². The van der Waals surface area contributed by atoms with Crippen LogP contribution < -0.4 is 5.73 Å². The van der Waals surface area contributed by atoms with Gasteiger partial charge in [0.15, 0.2) is 0 Å². The molecule has 2 N–H and O–H groups in total. The van der Waals surface area contributed by atoms with E-state index in [1.807, 2.05) is 44.2 Å². The number of rotatable bonds is 5. The summed E-state index contributed by atoms with van der Waals surface area (Å²) in [5.74, 6) is 0.0360. The van der Waals surface area contributed by atoms with Gasteiger partial charge in [-0.25, -0.2) is 0 Å². The summed E-state index contributed by atoms with van der Waals surface area (Å²) >= 11 is 0. The molecule has 17 heavy (non-hydrogen) atoms. The van der Waals surface area contributed by atoms with Crippen LogP contribution in [0.25, 0.3) is 0 Å². The fraction of sp³-hybridized carbons (Fsp3) is 0.462. The molecular weight excluding hydrogens is 236 g/mol. The first-order valence-corrected chi connectivity index (χ1v) is 5.77. The Morgan fingerprint density at radius 1 is 1.29 bits per heavy atom. The van der Waals surface area contributed by atoms with Crippen LogP contribution in [0.1, 0.15) is 25.8 Å². The van der Waals surface area contributed by atoms with Gasteiger partial charge in [0.05, 0.1) is 6.04 Å². The predicted molar refractivity (Wildman–Crippen MR) is 73.0 cm³/mol. The van der Waals surface area contributed by atoms with Gasteiger partial charge in [0.1, 0.15) is 0 Å². The number of hydrogen-bond donors (Lipinski definition) is 1. The fourth-order valence-electron chi connectivity index (χ4n) is 1.56. The van der Waals surface area contributed by atoms with Gasteiger partial charge < -0.3 is 10.6 Å². The van der Waals surface area contributed by atoms with E-state index < -0.39 is 0 Å². The van der Waals surface area contributed by atoms with E-state index in [1.54, 1.807) is 4.90 Å². The molecular formula is C13H21ClN2O. The van der Waals surface area contributed by atoms with E-state index in [0.717, 1.165) is 5.56 Å². The molecule has 96 valence electrons. The molecule has 3 nitrogen and oxygen atoms in total. The van der Waals surface area contributed by atoms with Gasteiger partial charge >= 0.3 is 0 Å². The summed E-state index contributed by atoms with van der Waals surface area (Å²) in [6, 6.07) is 9.60. The Kier molecular flexibility index (Phi) is 7.59. The second-order valence-electron chi connectivity index (χ2n) is 3.85. The Morgan fingerprint density at radius 2 is 1.88 bits per heavy atom. The number of nitrogens with zero attached hydrogens (tertiary/aromatic N) is 1. The zero-order chi connectivity index (χ0) is 12.0. The smallest absolute Gasteiger partial charge is 0.239 e. The number of carbonyl (C=O) groups is 1. The average molecular weight is 257 g/mol. The third-order valence-electron chi connectivity index (χ3n) is 2.67. The predicted octanol–water partition coefficient (Wildman–Crippen LogP) is 2.19. The van der Waals surface area contributed by atoms with Crippen molar-refractivity contribution >= 4 is 18.3 Å². The van der Waals surface area contributed by atoms with Crippen molar-refractivity contribution < 1.29 is 4.79 Å². The molecule has 0 aliphatic carbocycles. The maximum absolute atomic E-state index is 11.9. The van der Waals surface area contributed by atoms with Gasteiger partial charge in [-0.15, -0.1) is 12.4 Å². The summed E-state index contributed by atoms with van der Waals surface area (Å²) in [4.78, 5) is 13.7. The molecule has 1 aromatic carbocycles. The van der Waals surface area contributed by atoms with Crippen molar-refractivity contribution in [2.45, 2.75) is 32.9 Å². The number of amides is 1. The maximum Gasteiger partial charge on any atom is 0.239 e. The molecule has 4 heteroatoms. The summed E-state index contributed by atoms with van der Waals surface area (Å²) in [5.41, 5.74) is 6.90. The first-order valence-electron chi connectivity index (χ1n) is 5.77. The zero-order valence-electron chi connectivity index (χ0n) is 10.4.